The Morgan fingerprint density at radius 2 is 2.00 bits per heavy atom. The molecule has 0 bridgehead atoms. The Kier molecular flexibility index (Phi) is 7.25. The van der Waals surface area contributed by atoms with Crippen LogP contribution in [-0.2, 0) is 9.59 Å². The quantitative estimate of drug-likeness (QED) is 0.787. The molecule has 0 radical (unpaired) electrons. The van der Waals surface area contributed by atoms with E-state index < -0.39 is 0 Å². The molecule has 5 nitrogen and oxygen atoms in total. The van der Waals surface area contributed by atoms with Crippen LogP contribution in [-0.4, -0.2) is 42.4 Å². The maximum atomic E-state index is 12.0. The molecule has 0 aromatic heterocycles. The Hall–Kier alpha value is -0.810. The Balaban J connectivity index is 0.00000289. The van der Waals surface area contributed by atoms with Crippen LogP contribution in [0, 0.1) is 5.92 Å². The minimum absolute atomic E-state index is 0. The molecule has 6 heteroatoms. The standard InChI is InChI=1S/C12H23N3O2.ClH/c1-8(2)14-11(16)7-15(3)12(17)9-5-4-6-10(9)13;/h8-10H,4-7,13H2,1-3H3,(H,14,16);1H. The van der Waals surface area contributed by atoms with Gasteiger partial charge in [0.25, 0.3) is 0 Å². The second-order valence-electron chi connectivity index (χ2n) is 5.12. The number of carbonyl (C=O) groups is 2. The highest BCUT2D eigenvalue weighted by molar-refractivity contribution is 5.86. The van der Waals surface area contributed by atoms with Gasteiger partial charge in [0.15, 0.2) is 0 Å². The number of hydrogen-bond donors (Lipinski definition) is 2. The number of hydrogen-bond acceptors (Lipinski definition) is 3. The average Bonchev–Trinajstić information content (AvgIpc) is 2.61. The van der Waals surface area contributed by atoms with Gasteiger partial charge in [-0.05, 0) is 26.7 Å². The summed E-state index contributed by atoms with van der Waals surface area (Å²) in [7, 11) is 1.66. The maximum absolute atomic E-state index is 12.0. The molecular formula is C12H24ClN3O2. The smallest absolute Gasteiger partial charge is 0.239 e. The first-order valence-electron chi connectivity index (χ1n) is 6.21. The van der Waals surface area contributed by atoms with Crippen molar-refractivity contribution in [2.75, 3.05) is 13.6 Å². The van der Waals surface area contributed by atoms with Crippen molar-refractivity contribution in [3.8, 4) is 0 Å². The van der Waals surface area contributed by atoms with Gasteiger partial charge in [0.05, 0.1) is 12.5 Å². The normalized spacial score (nSPS) is 22.5. The molecule has 1 aliphatic carbocycles. The van der Waals surface area contributed by atoms with Crippen LogP contribution in [0.5, 0.6) is 0 Å². The topological polar surface area (TPSA) is 75.4 Å². The molecule has 0 aromatic rings. The Morgan fingerprint density at radius 3 is 2.44 bits per heavy atom. The third-order valence-corrected chi connectivity index (χ3v) is 3.09. The van der Waals surface area contributed by atoms with Crippen LogP contribution in [0.4, 0.5) is 0 Å². The summed E-state index contributed by atoms with van der Waals surface area (Å²) in [4.78, 5) is 25.1. The van der Waals surface area contributed by atoms with E-state index in [0.717, 1.165) is 19.3 Å². The second kappa shape index (κ2) is 7.59. The molecule has 1 fully saturated rings. The van der Waals surface area contributed by atoms with Crippen molar-refractivity contribution in [1.82, 2.24) is 10.2 Å². The summed E-state index contributed by atoms with van der Waals surface area (Å²) >= 11 is 0. The van der Waals surface area contributed by atoms with Crippen molar-refractivity contribution in [2.24, 2.45) is 11.7 Å². The van der Waals surface area contributed by atoms with Gasteiger partial charge < -0.3 is 16.0 Å². The Labute approximate surface area is 115 Å². The number of rotatable bonds is 4. The lowest BCUT2D eigenvalue weighted by atomic mass is 10.0. The molecule has 2 amide bonds. The van der Waals surface area contributed by atoms with Gasteiger partial charge in [-0.25, -0.2) is 0 Å². The van der Waals surface area contributed by atoms with Crippen LogP contribution < -0.4 is 11.1 Å². The maximum Gasteiger partial charge on any atom is 0.239 e. The number of nitrogens with zero attached hydrogens (tertiary/aromatic N) is 1. The Bertz CT molecular complexity index is 297. The van der Waals surface area contributed by atoms with Crippen LogP contribution in [0.3, 0.4) is 0 Å². The summed E-state index contributed by atoms with van der Waals surface area (Å²) in [5.41, 5.74) is 5.88. The summed E-state index contributed by atoms with van der Waals surface area (Å²) in [6, 6.07) is 0.0536. The van der Waals surface area contributed by atoms with Crippen LogP contribution in [0.1, 0.15) is 33.1 Å². The van der Waals surface area contributed by atoms with Crippen LogP contribution in [0.15, 0.2) is 0 Å². The van der Waals surface area contributed by atoms with E-state index in [1.807, 2.05) is 13.8 Å². The molecule has 106 valence electrons. The van der Waals surface area contributed by atoms with Gasteiger partial charge in [0.2, 0.25) is 11.8 Å². The molecule has 18 heavy (non-hydrogen) atoms. The van der Waals surface area contributed by atoms with Gasteiger partial charge in [0, 0.05) is 19.1 Å². The molecule has 3 N–H and O–H groups in total. The van der Waals surface area contributed by atoms with Crippen LogP contribution in [0.2, 0.25) is 0 Å². The molecule has 1 saturated carbocycles. The van der Waals surface area contributed by atoms with Crippen molar-refractivity contribution in [3.05, 3.63) is 0 Å². The third kappa shape index (κ3) is 4.82. The molecule has 0 saturated heterocycles. The number of halogens is 1. The number of likely N-dealkylation sites (N-methyl/N-ethyl adjacent to an activating group) is 1. The molecule has 2 atom stereocenters. The van der Waals surface area contributed by atoms with E-state index in [4.69, 9.17) is 5.73 Å². The van der Waals surface area contributed by atoms with E-state index >= 15 is 0 Å². The zero-order chi connectivity index (χ0) is 13.0. The predicted octanol–water partition coefficient (Wildman–Crippen LogP) is 0.519. The van der Waals surface area contributed by atoms with Gasteiger partial charge in [0.1, 0.15) is 0 Å². The minimum Gasteiger partial charge on any atom is -0.352 e. The van der Waals surface area contributed by atoms with E-state index in [1.165, 1.54) is 4.90 Å². The lowest BCUT2D eigenvalue weighted by Gasteiger charge is -2.23. The first-order valence-corrected chi connectivity index (χ1v) is 6.21. The van der Waals surface area contributed by atoms with E-state index in [2.05, 4.69) is 5.32 Å². The molecule has 1 rings (SSSR count). The first kappa shape index (κ1) is 17.2. The third-order valence-electron chi connectivity index (χ3n) is 3.09. The molecule has 0 aromatic carbocycles. The summed E-state index contributed by atoms with van der Waals surface area (Å²) in [6.45, 7) is 3.90. The molecule has 2 unspecified atom stereocenters. The van der Waals surface area contributed by atoms with Gasteiger partial charge in [-0.2, -0.15) is 0 Å². The van der Waals surface area contributed by atoms with Gasteiger partial charge in [-0.15, -0.1) is 12.4 Å². The summed E-state index contributed by atoms with van der Waals surface area (Å²) in [6.07, 6.45) is 2.75. The first-order chi connectivity index (χ1) is 7.91. The van der Waals surface area contributed by atoms with Gasteiger partial charge in [-0.3, -0.25) is 9.59 Å². The lowest BCUT2D eigenvalue weighted by molar-refractivity contribution is -0.138. The fourth-order valence-corrected chi connectivity index (χ4v) is 2.24. The number of nitrogens with one attached hydrogen (secondary N) is 1. The summed E-state index contributed by atoms with van der Waals surface area (Å²) in [5.74, 6) is -0.233. The zero-order valence-electron chi connectivity index (χ0n) is 11.3. The number of nitrogens with two attached hydrogens (primary N) is 1. The van der Waals surface area contributed by atoms with Crippen molar-refractivity contribution in [1.29, 1.82) is 0 Å². The predicted molar refractivity (Wildman–Crippen MR) is 73.5 cm³/mol. The summed E-state index contributed by atoms with van der Waals surface area (Å²) < 4.78 is 0. The van der Waals surface area contributed by atoms with Crippen molar-refractivity contribution in [2.45, 2.75) is 45.2 Å². The number of carbonyl (C=O) groups excluding carboxylic acids is 2. The van der Waals surface area contributed by atoms with Crippen molar-refractivity contribution < 1.29 is 9.59 Å². The highest BCUT2D eigenvalue weighted by Gasteiger charge is 2.32. The summed E-state index contributed by atoms with van der Waals surface area (Å²) in [5, 5.41) is 2.77. The van der Waals surface area contributed by atoms with Crippen molar-refractivity contribution >= 4 is 24.2 Å². The average molecular weight is 278 g/mol. The van der Waals surface area contributed by atoms with Gasteiger partial charge >= 0.3 is 0 Å². The molecule has 0 aliphatic heterocycles. The molecule has 0 spiro atoms. The second-order valence-corrected chi connectivity index (χ2v) is 5.12. The van der Waals surface area contributed by atoms with Gasteiger partial charge in [-0.1, -0.05) is 6.42 Å². The monoisotopic (exact) mass is 277 g/mol. The van der Waals surface area contributed by atoms with E-state index in [1.54, 1.807) is 7.05 Å². The number of amides is 2. The largest absolute Gasteiger partial charge is 0.352 e. The fraction of sp³-hybridized carbons (Fsp3) is 0.833. The fourth-order valence-electron chi connectivity index (χ4n) is 2.24. The van der Waals surface area contributed by atoms with E-state index in [-0.39, 0.29) is 48.8 Å². The highest BCUT2D eigenvalue weighted by Crippen LogP contribution is 2.25. The highest BCUT2D eigenvalue weighted by atomic mass is 35.5. The van der Waals surface area contributed by atoms with E-state index in [0.29, 0.717) is 0 Å². The SMILES string of the molecule is CC(C)NC(=O)CN(C)C(=O)C1CCCC1N.Cl. The Morgan fingerprint density at radius 1 is 1.39 bits per heavy atom. The molecule has 0 heterocycles. The zero-order valence-corrected chi connectivity index (χ0v) is 12.1. The van der Waals surface area contributed by atoms with Crippen LogP contribution in [0.25, 0.3) is 0 Å². The molecular weight excluding hydrogens is 254 g/mol. The van der Waals surface area contributed by atoms with E-state index in [9.17, 15) is 9.59 Å². The van der Waals surface area contributed by atoms with Crippen LogP contribution >= 0.6 is 12.4 Å². The molecule has 1 aliphatic rings. The lowest BCUT2D eigenvalue weighted by Crippen LogP contribution is -2.45. The van der Waals surface area contributed by atoms with Crippen molar-refractivity contribution in [3.63, 3.8) is 0 Å². The minimum atomic E-state index is -0.123.